The van der Waals surface area contributed by atoms with Gasteiger partial charge in [0.2, 0.25) is 0 Å². The van der Waals surface area contributed by atoms with E-state index in [2.05, 4.69) is 25.5 Å². The molecule has 2 aromatic rings. The van der Waals surface area contributed by atoms with E-state index in [4.69, 9.17) is 11.6 Å². The van der Waals surface area contributed by atoms with E-state index in [1.54, 1.807) is 0 Å². The molecule has 0 spiro atoms. The van der Waals surface area contributed by atoms with Crippen LogP contribution in [-0.4, -0.2) is 26.1 Å². The van der Waals surface area contributed by atoms with Crippen LogP contribution in [0.2, 0.25) is 5.15 Å². The zero-order valence-electron chi connectivity index (χ0n) is 7.44. The summed E-state index contributed by atoms with van der Waals surface area (Å²) in [6, 6.07) is 1.46. The third-order valence-corrected chi connectivity index (χ3v) is 1.84. The molecule has 0 aliphatic rings. The van der Waals surface area contributed by atoms with E-state index >= 15 is 0 Å². The predicted molar refractivity (Wildman–Crippen MR) is 53.6 cm³/mol. The SMILES string of the molecule is O=C(Nc1cc(Cl)ncn1)c1cn[nH]c1. The van der Waals surface area contributed by atoms with Crippen LogP contribution in [0.1, 0.15) is 10.4 Å². The van der Waals surface area contributed by atoms with Gasteiger partial charge >= 0.3 is 0 Å². The number of hydrogen-bond acceptors (Lipinski definition) is 4. The minimum atomic E-state index is -0.307. The van der Waals surface area contributed by atoms with Crippen molar-refractivity contribution in [2.45, 2.75) is 0 Å². The van der Waals surface area contributed by atoms with Crippen LogP contribution in [-0.2, 0) is 0 Å². The fourth-order valence-electron chi connectivity index (χ4n) is 0.965. The van der Waals surface area contributed by atoms with Gasteiger partial charge in [0, 0.05) is 12.3 Å². The number of H-pyrrole nitrogens is 1. The zero-order chi connectivity index (χ0) is 10.7. The molecule has 0 fully saturated rings. The third-order valence-electron chi connectivity index (χ3n) is 1.64. The van der Waals surface area contributed by atoms with E-state index in [1.165, 1.54) is 24.8 Å². The van der Waals surface area contributed by atoms with Gasteiger partial charge in [-0.2, -0.15) is 5.10 Å². The Hall–Kier alpha value is -1.95. The minimum Gasteiger partial charge on any atom is -0.306 e. The zero-order valence-corrected chi connectivity index (χ0v) is 8.19. The van der Waals surface area contributed by atoms with Gasteiger partial charge < -0.3 is 5.32 Å². The van der Waals surface area contributed by atoms with Crippen LogP contribution in [0.25, 0.3) is 0 Å². The Bertz CT molecular complexity index is 470. The fraction of sp³-hybridized carbons (Fsp3) is 0. The molecule has 7 heteroatoms. The van der Waals surface area contributed by atoms with E-state index in [0.29, 0.717) is 11.4 Å². The van der Waals surface area contributed by atoms with Crippen LogP contribution in [0.4, 0.5) is 5.82 Å². The molecule has 0 aromatic carbocycles. The Morgan fingerprint density at radius 1 is 1.47 bits per heavy atom. The topological polar surface area (TPSA) is 83.6 Å². The Morgan fingerprint density at radius 2 is 2.33 bits per heavy atom. The fourth-order valence-corrected chi connectivity index (χ4v) is 1.11. The second-order valence-corrected chi connectivity index (χ2v) is 3.05. The largest absolute Gasteiger partial charge is 0.306 e. The molecule has 0 aliphatic carbocycles. The molecule has 0 aliphatic heterocycles. The maximum absolute atomic E-state index is 11.5. The van der Waals surface area contributed by atoms with E-state index < -0.39 is 0 Å². The number of aromatic nitrogens is 4. The summed E-state index contributed by atoms with van der Waals surface area (Å²) in [6.07, 6.45) is 4.17. The molecule has 0 bridgehead atoms. The molecule has 2 rings (SSSR count). The van der Waals surface area contributed by atoms with Crippen LogP contribution >= 0.6 is 11.6 Å². The summed E-state index contributed by atoms with van der Waals surface area (Å²) in [7, 11) is 0. The summed E-state index contributed by atoms with van der Waals surface area (Å²) in [6.45, 7) is 0. The smallest absolute Gasteiger partial charge is 0.259 e. The molecule has 0 unspecified atom stereocenters. The van der Waals surface area contributed by atoms with Crippen LogP contribution in [0.15, 0.2) is 24.8 Å². The first-order valence-electron chi connectivity index (χ1n) is 4.03. The second-order valence-electron chi connectivity index (χ2n) is 2.67. The number of aromatic amines is 1. The highest BCUT2D eigenvalue weighted by Crippen LogP contribution is 2.09. The first kappa shape index (κ1) is 9.60. The number of carbonyl (C=O) groups is 1. The Kier molecular flexibility index (Phi) is 2.59. The van der Waals surface area contributed by atoms with Crippen molar-refractivity contribution in [3.05, 3.63) is 35.5 Å². The van der Waals surface area contributed by atoms with Gasteiger partial charge in [-0.25, -0.2) is 9.97 Å². The van der Waals surface area contributed by atoms with Crippen LogP contribution in [0.3, 0.4) is 0 Å². The third kappa shape index (κ3) is 2.29. The molecular formula is C8H6ClN5O. The summed E-state index contributed by atoms with van der Waals surface area (Å²) >= 11 is 5.63. The highest BCUT2D eigenvalue weighted by molar-refractivity contribution is 6.29. The average Bonchev–Trinajstić information content (AvgIpc) is 2.70. The van der Waals surface area contributed by atoms with Crippen molar-refractivity contribution in [3.8, 4) is 0 Å². The van der Waals surface area contributed by atoms with Crippen molar-refractivity contribution in [2.75, 3.05) is 5.32 Å². The number of hydrogen-bond donors (Lipinski definition) is 2. The molecule has 2 heterocycles. The van der Waals surface area contributed by atoms with Crippen molar-refractivity contribution < 1.29 is 4.79 Å². The number of halogens is 1. The molecule has 0 saturated heterocycles. The molecule has 76 valence electrons. The molecule has 6 nitrogen and oxygen atoms in total. The minimum absolute atomic E-state index is 0.271. The van der Waals surface area contributed by atoms with Crippen molar-refractivity contribution in [1.29, 1.82) is 0 Å². The maximum Gasteiger partial charge on any atom is 0.259 e. The summed E-state index contributed by atoms with van der Waals surface area (Å²) in [5.41, 5.74) is 0.421. The molecular weight excluding hydrogens is 218 g/mol. The van der Waals surface area contributed by atoms with E-state index in [0.717, 1.165) is 0 Å². The number of nitrogens with one attached hydrogen (secondary N) is 2. The molecule has 2 N–H and O–H groups in total. The highest BCUT2D eigenvalue weighted by Gasteiger charge is 2.07. The van der Waals surface area contributed by atoms with Gasteiger partial charge in [-0.1, -0.05) is 11.6 Å². The maximum atomic E-state index is 11.5. The molecule has 0 atom stereocenters. The number of rotatable bonds is 2. The Morgan fingerprint density at radius 3 is 3.00 bits per heavy atom. The number of nitrogens with zero attached hydrogens (tertiary/aromatic N) is 3. The average molecular weight is 224 g/mol. The van der Waals surface area contributed by atoms with Gasteiger partial charge in [0.1, 0.15) is 17.3 Å². The number of anilines is 1. The Balaban J connectivity index is 2.13. The quantitative estimate of drug-likeness (QED) is 0.747. The van der Waals surface area contributed by atoms with E-state index in [1.807, 2.05) is 0 Å². The lowest BCUT2D eigenvalue weighted by atomic mass is 10.3. The lowest BCUT2D eigenvalue weighted by molar-refractivity contribution is 0.102. The van der Waals surface area contributed by atoms with Crippen molar-refractivity contribution in [1.82, 2.24) is 20.2 Å². The highest BCUT2D eigenvalue weighted by atomic mass is 35.5. The standard InChI is InChI=1S/C8H6ClN5O/c9-6-1-7(11-4-10-6)14-8(15)5-2-12-13-3-5/h1-4H,(H,12,13)(H,10,11,14,15). The van der Waals surface area contributed by atoms with Crippen molar-refractivity contribution in [2.24, 2.45) is 0 Å². The molecule has 2 aromatic heterocycles. The normalized spacial score (nSPS) is 9.93. The van der Waals surface area contributed by atoms with Gasteiger partial charge in [-0.15, -0.1) is 0 Å². The van der Waals surface area contributed by atoms with Gasteiger partial charge in [0.05, 0.1) is 11.8 Å². The number of carbonyl (C=O) groups excluding carboxylic acids is 1. The summed E-state index contributed by atoms with van der Waals surface area (Å²) in [5.74, 6) is 0.0414. The second kappa shape index (κ2) is 4.05. The first-order chi connectivity index (χ1) is 7.25. The monoisotopic (exact) mass is 223 g/mol. The predicted octanol–water partition coefficient (Wildman–Crippen LogP) is 1.11. The van der Waals surface area contributed by atoms with Gasteiger partial charge in [0.25, 0.3) is 5.91 Å². The number of amides is 1. The molecule has 1 amide bonds. The summed E-state index contributed by atoms with van der Waals surface area (Å²) in [5, 5.41) is 9.02. The van der Waals surface area contributed by atoms with Crippen molar-refractivity contribution >= 4 is 23.3 Å². The van der Waals surface area contributed by atoms with Gasteiger partial charge in [-0.05, 0) is 0 Å². The lowest BCUT2D eigenvalue weighted by Gasteiger charge is -2.01. The van der Waals surface area contributed by atoms with Crippen LogP contribution in [0.5, 0.6) is 0 Å². The van der Waals surface area contributed by atoms with Crippen molar-refractivity contribution in [3.63, 3.8) is 0 Å². The van der Waals surface area contributed by atoms with E-state index in [9.17, 15) is 4.79 Å². The molecule has 0 radical (unpaired) electrons. The van der Waals surface area contributed by atoms with Gasteiger partial charge in [0.15, 0.2) is 0 Å². The van der Waals surface area contributed by atoms with Gasteiger partial charge in [-0.3, -0.25) is 9.89 Å². The molecule has 15 heavy (non-hydrogen) atoms. The lowest BCUT2D eigenvalue weighted by Crippen LogP contribution is -2.12. The first-order valence-corrected chi connectivity index (χ1v) is 4.41. The van der Waals surface area contributed by atoms with Crippen LogP contribution in [0, 0.1) is 0 Å². The van der Waals surface area contributed by atoms with E-state index in [-0.39, 0.29) is 11.1 Å². The summed E-state index contributed by atoms with van der Waals surface area (Å²) in [4.78, 5) is 19.0. The summed E-state index contributed by atoms with van der Waals surface area (Å²) < 4.78 is 0. The Labute approximate surface area is 89.7 Å². The molecule has 0 saturated carbocycles. The van der Waals surface area contributed by atoms with Crippen LogP contribution < -0.4 is 5.32 Å².